The molecule has 1 heterocycles. The molecule has 5 nitrogen and oxygen atoms in total. The second-order valence-electron chi connectivity index (χ2n) is 6.32. The highest BCUT2D eigenvalue weighted by atomic mass is 19.3. The van der Waals surface area contributed by atoms with Crippen molar-refractivity contribution >= 4 is 11.7 Å². The van der Waals surface area contributed by atoms with Gasteiger partial charge in [0.05, 0.1) is 12.2 Å². The van der Waals surface area contributed by atoms with Crippen LogP contribution in [0.5, 0.6) is 0 Å². The van der Waals surface area contributed by atoms with Gasteiger partial charge in [-0.2, -0.15) is 5.10 Å². The fraction of sp³-hybridized carbons (Fsp3) is 0.600. The van der Waals surface area contributed by atoms with Crippen LogP contribution in [0.4, 0.5) is 13.6 Å². The van der Waals surface area contributed by atoms with E-state index in [2.05, 4.69) is 17.0 Å². The second kappa shape index (κ2) is 6.46. The summed E-state index contributed by atoms with van der Waals surface area (Å²) in [6.07, 6.45) is -0.869. The number of carbonyl (C=O) groups is 1. The summed E-state index contributed by atoms with van der Waals surface area (Å²) < 4.78 is 34.0. The number of halogens is 2. The first-order valence-corrected chi connectivity index (χ1v) is 6.95. The standard InChI is InChI=1S/C15H23F2N3O2/c1-10(2)12-7-11(3)20(19-12)9-15(16,17)8-18-13(21)22-14(4,5)6/h7H,1,8-9H2,2-6H3,(H,18,21). The van der Waals surface area contributed by atoms with Crippen molar-refractivity contribution in [2.75, 3.05) is 6.54 Å². The molecule has 7 heteroatoms. The molecule has 0 radical (unpaired) electrons. The van der Waals surface area contributed by atoms with Crippen molar-refractivity contribution in [2.24, 2.45) is 0 Å². The van der Waals surface area contributed by atoms with Crippen LogP contribution >= 0.6 is 0 Å². The molecule has 1 N–H and O–H groups in total. The molecular formula is C15H23F2N3O2. The molecule has 1 rings (SSSR count). The van der Waals surface area contributed by atoms with Crippen molar-refractivity contribution in [2.45, 2.75) is 52.7 Å². The van der Waals surface area contributed by atoms with E-state index in [9.17, 15) is 13.6 Å². The fourth-order valence-corrected chi connectivity index (χ4v) is 1.67. The van der Waals surface area contributed by atoms with Crippen LogP contribution in [-0.4, -0.2) is 33.9 Å². The van der Waals surface area contributed by atoms with E-state index in [0.29, 0.717) is 17.0 Å². The van der Waals surface area contributed by atoms with E-state index in [1.54, 1.807) is 40.7 Å². The summed E-state index contributed by atoms with van der Waals surface area (Å²) in [6.45, 7) is 10.7. The molecule has 0 saturated heterocycles. The molecule has 0 aliphatic rings. The van der Waals surface area contributed by atoms with E-state index in [1.165, 1.54) is 4.68 Å². The minimum Gasteiger partial charge on any atom is -0.444 e. The SMILES string of the molecule is C=C(C)c1cc(C)n(CC(F)(F)CNC(=O)OC(C)(C)C)n1. The number of amides is 1. The van der Waals surface area contributed by atoms with E-state index in [0.717, 1.165) is 0 Å². The Balaban J connectivity index is 2.64. The summed E-state index contributed by atoms with van der Waals surface area (Å²) >= 11 is 0. The van der Waals surface area contributed by atoms with Crippen molar-refractivity contribution in [3.8, 4) is 0 Å². The molecule has 1 aromatic rings. The summed E-state index contributed by atoms with van der Waals surface area (Å²) in [5, 5.41) is 6.15. The van der Waals surface area contributed by atoms with Crippen LogP contribution in [0.15, 0.2) is 12.6 Å². The molecule has 0 atom stereocenters. The predicted octanol–water partition coefficient (Wildman–Crippen LogP) is 3.38. The maximum atomic E-state index is 13.9. The van der Waals surface area contributed by atoms with Crippen molar-refractivity contribution in [1.29, 1.82) is 0 Å². The quantitative estimate of drug-likeness (QED) is 0.906. The number of aromatic nitrogens is 2. The molecular weight excluding hydrogens is 292 g/mol. The molecule has 1 amide bonds. The average Bonchev–Trinajstić information content (AvgIpc) is 2.66. The van der Waals surface area contributed by atoms with Crippen LogP contribution in [0.3, 0.4) is 0 Å². The van der Waals surface area contributed by atoms with E-state index in [4.69, 9.17) is 4.74 Å². The van der Waals surface area contributed by atoms with Crippen LogP contribution in [0.1, 0.15) is 39.1 Å². The fourth-order valence-electron chi connectivity index (χ4n) is 1.67. The third-order valence-electron chi connectivity index (χ3n) is 2.69. The molecule has 22 heavy (non-hydrogen) atoms. The third-order valence-corrected chi connectivity index (χ3v) is 2.69. The monoisotopic (exact) mass is 315 g/mol. The van der Waals surface area contributed by atoms with Crippen LogP contribution in [-0.2, 0) is 11.3 Å². The predicted molar refractivity (Wildman–Crippen MR) is 80.9 cm³/mol. The number of carbonyl (C=O) groups excluding carboxylic acids is 1. The molecule has 0 fully saturated rings. The first-order valence-electron chi connectivity index (χ1n) is 6.95. The first-order chi connectivity index (χ1) is 9.89. The molecule has 0 aliphatic heterocycles. The summed E-state index contributed by atoms with van der Waals surface area (Å²) in [4.78, 5) is 11.4. The van der Waals surface area contributed by atoms with Gasteiger partial charge in [0, 0.05) is 5.69 Å². The summed E-state index contributed by atoms with van der Waals surface area (Å²) in [6, 6.07) is 1.69. The van der Waals surface area contributed by atoms with Gasteiger partial charge in [-0.05, 0) is 46.3 Å². The van der Waals surface area contributed by atoms with Gasteiger partial charge in [-0.25, -0.2) is 13.6 Å². The van der Waals surface area contributed by atoms with Crippen LogP contribution in [0.25, 0.3) is 5.57 Å². The highest BCUT2D eigenvalue weighted by molar-refractivity contribution is 5.67. The van der Waals surface area contributed by atoms with E-state index >= 15 is 0 Å². The van der Waals surface area contributed by atoms with Gasteiger partial charge in [0.15, 0.2) is 0 Å². The topological polar surface area (TPSA) is 56.2 Å². The Hall–Kier alpha value is -1.92. The zero-order chi connectivity index (χ0) is 17.1. The van der Waals surface area contributed by atoms with Gasteiger partial charge >= 0.3 is 6.09 Å². The zero-order valence-electron chi connectivity index (χ0n) is 13.7. The second-order valence-corrected chi connectivity index (χ2v) is 6.32. The lowest BCUT2D eigenvalue weighted by Crippen LogP contribution is -2.42. The first kappa shape index (κ1) is 18.1. The maximum Gasteiger partial charge on any atom is 0.407 e. The molecule has 0 saturated carbocycles. The average molecular weight is 315 g/mol. The molecule has 0 bridgehead atoms. The third kappa shape index (κ3) is 5.83. The number of nitrogens with one attached hydrogen (secondary N) is 1. The van der Waals surface area contributed by atoms with E-state index in [-0.39, 0.29) is 0 Å². The zero-order valence-corrected chi connectivity index (χ0v) is 13.7. The number of alkyl halides is 2. The number of rotatable bonds is 5. The van der Waals surface area contributed by atoms with Crippen molar-refractivity contribution in [3.05, 3.63) is 24.0 Å². The van der Waals surface area contributed by atoms with Gasteiger partial charge in [-0.15, -0.1) is 0 Å². The van der Waals surface area contributed by atoms with E-state index in [1.807, 2.05) is 0 Å². The lowest BCUT2D eigenvalue weighted by atomic mass is 10.2. The highest BCUT2D eigenvalue weighted by Crippen LogP contribution is 2.19. The minimum absolute atomic E-state index is 0.577. The number of hydrogen-bond acceptors (Lipinski definition) is 3. The molecule has 0 aliphatic carbocycles. The number of ether oxygens (including phenoxy) is 1. The highest BCUT2D eigenvalue weighted by Gasteiger charge is 2.32. The van der Waals surface area contributed by atoms with E-state index < -0.39 is 30.7 Å². The van der Waals surface area contributed by atoms with Gasteiger partial charge < -0.3 is 10.1 Å². The lowest BCUT2D eigenvalue weighted by Gasteiger charge is -2.22. The Morgan fingerprint density at radius 3 is 2.50 bits per heavy atom. The smallest absolute Gasteiger partial charge is 0.407 e. The Morgan fingerprint density at radius 1 is 1.45 bits per heavy atom. The number of allylic oxidation sites excluding steroid dienone is 1. The summed E-state index contributed by atoms with van der Waals surface area (Å²) in [5.41, 5.74) is 1.16. The molecule has 0 aromatic carbocycles. The Bertz CT molecular complexity index is 560. The molecule has 0 unspecified atom stereocenters. The van der Waals surface area contributed by atoms with Crippen LogP contribution in [0, 0.1) is 6.92 Å². The minimum atomic E-state index is -3.14. The number of aryl methyl sites for hydroxylation is 1. The number of alkyl carbamates (subject to hydrolysis) is 1. The molecule has 1 aromatic heterocycles. The summed E-state index contributed by atoms with van der Waals surface area (Å²) in [7, 11) is 0. The van der Waals surface area contributed by atoms with Crippen LogP contribution < -0.4 is 5.32 Å². The van der Waals surface area contributed by atoms with Gasteiger partial charge in [-0.3, -0.25) is 4.68 Å². The van der Waals surface area contributed by atoms with Crippen LogP contribution in [0.2, 0.25) is 0 Å². The Labute approximate surface area is 129 Å². The summed E-state index contributed by atoms with van der Waals surface area (Å²) in [5.74, 6) is -3.14. The van der Waals surface area contributed by atoms with Gasteiger partial charge in [-0.1, -0.05) is 6.58 Å². The van der Waals surface area contributed by atoms with Crippen molar-refractivity contribution in [1.82, 2.24) is 15.1 Å². The molecule has 0 spiro atoms. The number of hydrogen-bond donors (Lipinski definition) is 1. The lowest BCUT2D eigenvalue weighted by molar-refractivity contribution is -0.0223. The largest absolute Gasteiger partial charge is 0.444 e. The van der Waals surface area contributed by atoms with Crippen molar-refractivity contribution < 1.29 is 18.3 Å². The van der Waals surface area contributed by atoms with Gasteiger partial charge in [0.1, 0.15) is 12.1 Å². The normalized spacial score (nSPS) is 12.1. The Morgan fingerprint density at radius 2 is 2.05 bits per heavy atom. The van der Waals surface area contributed by atoms with Crippen molar-refractivity contribution in [3.63, 3.8) is 0 Å². The maximum absolute atomic E-state index is 13.9. The molecule has 124 valence electrons. The number of nitrogens with zero attached hydrogens (tertiary/aromatic N) is 2. The van der Waals surface area contributed by atoms with Gasteiger partial charge in [0.25, 0.3) is 5.92 Å². The Kier molecular flexibility index (Phi) is 5.32. The van der Waals surface area contributed by atoms with Gasteiger partial charge in [0.2, 0.25) is 0 Å².